The van der Waals surface area contributed by atoms with E-state index < -0.39 is 11.9 Å². The zero-order valence-corrected chi connectivity index (χ0v) is 16.5. The highest BCUT2D eigenvalue weighted by atomic mass is 16.5. The SMILES string of the molecule is Cc1cc(C)cc(N2CC[C@@H](C(=O)OCc3ncc(C(C)(C)C)o3)C2=O)c1. The van der Waals surface area contributed by atoms with Gasteiger partial charge in [0.25, 0.3) is 0 Å². The first kappa shape index (κ1) is 19.1. The largest absolute Gasteiger partial charge is 0.455 e. The number of carbonyl (C=O) groups is 2. The Morgan fingerprint density at radius 1 is 1.26 bits per heavy atom. The number of amides is 1. The van der Waals surface area contributed by atoms with Crippen LogP contribution in [0.15, 0.2) is 28.8 Å². The summed E-state index contributed by atoms with van der Waals surface area (Å²) in [7, 11) is 0. The van der Waals surface area contributed by atoms with Crippen LogP contribution in [0.25, 0.3) is 0 Å². The molecule has 1 aliphatic rings. The van der Waals surface area contributed by atoms with E-state index in [1.54, 1.807) is 11.1 Å². The Balaban J connectivity index is 1.62. The molecular weight excluding hydrogens is 344 g/mol. The van der Waals surface area contributed by atoms with Gasteiger partial charge >= 0.3 is 5.97 Å². The number of benzene rings is 1. The summed E-state index contributed by atoms with van der Waals surface area (Å²) in [6, 6.07) is 5.97. The molecule has 1 aromatic heterocycles. The number of nitrogens with zero attached hydrogens (tertiary/aromatic N) is 2. The molecule has 0 bridgehead atoms. The molecular formula is C21H26N2O4. The van der Waals surface area contributed by atoms with Crippen molar-refractivity contribution >= 4 is 17.6 Å². The highest BCUT2D eigenvalue weighted by Gasteiger charge is 2.39. The van der Waals surface area contributed by atoms with E-state index in [0.717, 1.165) is 22.6 Å². The lowest BCUT2D eigenvalue weighted by Gasteiger charge is -2.18. The molecule has 1 fully saturated rings. The van der Waals surface area contributed by atoms with Crippen molar-refractivity contribution in [3.8, 4) is 0 Å². The Hall–Kier alpha value is -2.63. The van der Waals surface area contributed by atoms with Crippen molar-refractivity contribution in [3.05, 3.63) is 47.2 Å². The van der Waals surface area contributed by atoms with Crippen molar-refractivity contribution in [3.63, 3.8) is 0 Å². The van der Waals surface area contributed by atoms with E-state index in [4.69, 9.17) is 9.15 Å². The maximum absolute atomic E-state index is 12.7. The van der Waals surface area contributed by atoms with E-state index in [9.17, 15) is 9.59 Å². The van der Waals surface area contributed by atoms with Gasteiger partial charge in [-0.1, -0.05) is 26.8 Å². The number of carbonyl (C=O) groups excluding carboxylic acids is 2. The Morgan fingerprint density at radius 2 is 1.93 bits per heavy atom. The molecule has 0 spiro atoms. The molecule has 27 heavy (non-hydrogen) atoms. The van der Waals surface area contributed by atoms with Gasteiger partial charge in [-0.2, -0.15) is 0 Å². The van der Waals surface area contributed by atoms with Crippen LogP contribution in [0.3, 0.4) is 0 Å². The van der Waals surface area contributed by atoms with Crippen LogP contribution in [0.5, 0.6) is 0 Å². The summed E-state index contributed by atoms with van der Waals surface area (Å²) in [4.78, 5) is 30.9. The number of esters is 1. The number of hydrogen-bond acceptors (Lipinski definition) is 5. The molecule has 1 aliphatic heterocycles. The van der Waals surface area contributed by atoms with Gasteiger partial charge in [0.1, 0.15) is 11.7 Å². The van der Waals surface area contributed by atoms with Gasteiger partial charge in [-0.25, -0.2) is 4.98 Å². The normalized spacial score (nSPS) is 17.4. The van der Waals surface area contributed by atoms with E-state index in [2.05, 4.69) is 11.1 Å². The lowest BCUT2D eigenvalue weighted by molar-refractivity contribution is -0.152. The standard InChI is InChI=1S/C21H26N2O4/c1-13-8-14(2)10-15(9-13)23-7-6-16(19(23)24)20(25)26-12-18-22-11-17(27-18)21(3,4)5/h8-11,16H,6-7,12H2,1-5H3/t16-/m1/s1. The average Bonchev–Trinajstić information content (AvgIpc) is 3.18. The molecule has 1 amide bonds. The number of oxazole rings is 1. The highest BCUT2D eigenvalue weighted by molar-refractivity contribution is 6.08. The van der Waals surface area contributed by atoms with Crippen LogP contribution >= 0.6 is 0 Å². The summed E-state index contributed by atoms with van der Waals surface area (Å²) in [6.07, 6.45) is 2.09. The molecule has 0 aliphatic carbocycles. The van der Waals surface area contributed by atoms with Crippen LogP contribution in [-0.2, 0) is 26.3 Å². The van der Waals surface area contributed by atoms with Gasteiger partial charge in [0.2, 0.25) is 11.8 Å². The van der Waals surface area contributed by atoms with Gasteiger partial charge < -0.3 is 14.1 Å². The Labute approximate surface area is 159 Å². The van der Waals surface area contributed by atoms with Crippen molar-refractivity contribution in [1.82, 2.24) is 4.98 Å². The second-order valence-electron chi connectivity index (χ2n) is 8.15. The fourth-order valence-electron chi connectivity index (χ4n) is 3.22. The monoisotopic (exact) mass is 370 g/mol. The maximum Gasteiger partial charge on any atom is 0.319 e. The summed E-state index contributed by atoms with van der Waals surface area (Å²) in [5, 5.41) is 0. The fraction of sp³-hybridized carbons (Fsp3) is 0.476. The molecule has 6 heteroatoms. The first-order valence-electron chi connectivity index (χ1n) is 9.16. The van der Waals surface area contributed by atoms with E-state index in [-0.39, 0.29) is 17.9 Å². The minimum Gasteiger partial charge on any atom is -0.455 e. The Morgan fingerprint density at radius 3 is 2.52 bits per heavy atom. The molecule has 144 valence electrons. The molecule has 6 nitrogen and oxygen atoms in total. The lowest BCUT2D eigenvalue weighted by Crippen LogP contribution is -2.31. The van der Waals surface area contributed by atoms with Crippen molar-refractivity contribution in [2.75, 3.05) is 11.4 Å². The van der Waals surface area contributed by atoms with Gasteiger partial charge in [-0.3, -0.25) is 9.59 Å². The van der Waals surface area contributed by atoms with Gasteiger partial charge in [-0.05, 0) is 43.5 Å². The smallest absolute Gasteiger partial charge is 0.319 e. The predicted molar refractivity (Wildman–Crippen MR) is 101 cm³/mol. The lowest BCUT2D eigenvalue weighted by atomic mass is 9.94. The highest BCUT2D eigenvalue weighted by Crippen LogP contribution is 2.28. The second-order valence-corrected chi connectivity index (χ2v) is 8.15. The zero-order chi connectivity index (χ0) is 19.8. The molecule has 2 aromatic rings. The van der Waals surface area contributed by atoms with Gasteiger partial charge in [-0.15, -0.1) is 0 Å². The zero-order valence-electron chi connectivity index (χ0n) is 16.5. The first-order valence-corrected chi connectivity index (χ1v) is 9.16. The summed E-state index contributed by atoms with van der Waals surface area (Å²) in [5.41, 5.74) is 2.84. The first-order chi connectivity index (χ1) is 12.6. The van der Waals surface area contributed by atoms with E-state index >= 15 is 0 Å². The molecule has 2 heterocycles. The van der Waals surface area contributed by atoms with Gasteiger partial charge in [0, 0.05) is 17.6 Å². The molecule has 1 saturated heterocycles. The minimum absolute atomic E-state index is 0.0672. The van der Waals surface area contributed by atoms with Crippen molar-refractivity contribution in [1.29, 1.82) is 0 Å². The van der Waals surface area contributed by atoms with Crippen molar-refractivity contribution in [2.45, 2.75) is 53.1 Å². The van der Waals surface area contributed by atoms with E-state index in [1.807, 2.05) is 46.8 Å². The molecule has 3 rings (SSSR count). The molecule has 0 saturated carbocycles. The third-order valence-electron chi connectivity index (χ3n) is 4.64. The number of rotatable bonds is 4. The van der Waals surface area contributed by atoms with E-state index in [0.29, 0.717) is 18.9 Å². The fourth-order valence-corrected chi connectivity index (χ4v) is 3.22. The maximum atomic E-state index is 12.7. The number of aromatic nitrogens is 1. The van der Waals surface area contributed by atoms with Crippen LogP contribution < -0.4 is 4.90 Å². The summed E-state index contributed by atoms with van der Waals surface area (Å²) < 4.78 is 10.9. The van der Waals surface area contributed by atoms with Crippen molar-refractivity contribution in [2.24, 2.45) is 5.92 Å². The summed E-state index contributed by atoms with van der Waals surface area (Å²) >= 11 is 0. The predicted octanol–water partition coefficient (Wildman–Crippen LogP) is 3.69. The van der Waals surface area contributed by atoms with Crippen molar-refractivity contribution < 1.29 is 18.7 Å². The molecule has 1 aromatic carbocycles. The molecule has 1 atom stereocenters. The Bertz CT molecular complexity index is 843. The van der Waals surface area contributed by atoms with Gasteiger partial charge in [0.05, 0.1) is 6.20 Å². The second kappa shape index (κ2) is 7.18. The van der Waals surface area contributed by atoms with Gasteiger partial charge in [0.15, 0.2) is 6.61 Å². The van der Waals surface area contributed by atoms with Crippen LogP contribution in [0, 0.1) is 19.8 Å². The molecule has 0 unspecified atom stereocenters. The third kappa shape index (κ3) is 4.21. The third-order valence-corrected chi connectivity index (χ3v) is 4.64. The quantitative estimate of drug-likeness (QED) is 0.606. The Kier molecular flexibility index (Phi) is 5.09. The van der Waals surface area contributed by atoms with E-state index in [1.165, 1.54) is 0 Å². The number of aryl methyl sites for hydroxylation is 2. The van der Waals surface area contributed by atoms with Crippen LogP contribution in [0.1, 0.15) is 50.0 Å². The summed E-state index contributed by atoms with van der Waals surface area (Å²) in [6.45, 7) is 10.5. The molecule has 0 radical (unpaired) electrons. The van der Waals surface area contributed by atoms with Crippen LogP contribution in [-0.4, -0.2) is 23.4 Å². The summed E-state index contributed by atoms with van der Waals surface area (Å²) in [5.74, 6) is -0.450. The minimum atomic E-state index is -0.775. The average molecular weight is 370 g/mol. The number of anilines is 1. The van der Waals surface area contributed by atoms with Crippen LogP contribution in [0.4, 0.5) is 5.69 Å². The number of hydrogen-bond donors (Lipinski definition) is 0. The topological polar surface area (TPSA) is 72.6 Å². The van der Waals surface area contributed by atoms with Crippen LogP contribution in [0.2, 0.25) is 0 Å². The number of ether oxygens (including phenoxy) is 1. The molecule has 0 N–H and O–H groups in total.